The van der Waals surface area contributed by atoms with Gasteiger partial charge in [0.25, 0.3) is 0 Å². The van der Waals surface area contributed by atoms with Crippen molar-refractivity contribution >= 4 is 0 Å². The number of aromatic amines is 1. The highest BCUT2D eigenvalue weighted by atomic mass is 15.3. The second-order valence-corrected chi connectivity index (χ2v) is 9.06. The van der Waals surface area contributed by atoms with Gasteiger partial charge >= 0.3 is 0 Å². The molecule has 0 aliphatic carbocycles. The molecule has 2 heterocycles. The summed E-state index contributed by atoms with van der Waals surface area (Å²) in [5, 5.41) is 3.53. The average Bonchev–Trinajstić information content (AvgIpc) is 3.28. The molecule has 168 valence electrons. The maximum atomic E-state index is 5.28. The molecule has 0 radical (unpaired) electrons. The first-order valence-corrected chi connectivity index (χ1v) is 11.9. The molecule has 5 rings (SSSR count). The number of rotatable bonds is 6. The van der Waals surface area contributed by atoms with Gasteiger partial charge in [0.15, 0.2) is 0 Å². The van der Waals surface area contributed by atoms with Crippen LogP contribution in [0.15, 0.2) is 91.0 Å². The molecular formula is C29H32N4. The first-order chi connectivity index (χ1) is 16.2. The molecule has 1 aliphatic heterocycles. The van der Waals surface area contributed by atoms with Crippen LogP contribution in [0.1, 0.15) is 35.4 Å². The molecule has 0 amide bonds. The van der Waals surface area contributed by atoms with Crippen molar-refractivity contribution < 1.29 is 0 Å². The Morgan fingerprint density at radius 3 is 1.85 bits per heavy atom. The van der Waals surface area contributed by atoms with Crippen LogP contribution in [0.3, 0.4) is 0 Å². The molecule has 1 unspecified atom stereocenters. The van der Waals surface area contributed by atoms with Crippen molar-refractivity contribution in [3.8, 4) is 11.4 Å². The predicted octanol–water partition coefficient (Wildman–Crippen LogP) is 5.34. The molecule has 1 aliphatic rings. The Balaban J connectivity index is 1.72. The van der Waals surface area contributed by atoms with Gasteiger partial charge in [-0.05, 0) is 25.0 Å². The lowest BCUT2D eigenvalue weighted by Crippen LogP contribution is -2.56. The largest absolute Gasteiger partial charge is 0.342 e. The van der Waals surface area contributed by atoms with Gasteiger partial charge in [-0.15, -0.1) is 0 Å². The Hall–Kier alpha value is -3.21. The van der Waals surface area contributed by atoms with E-state index in [4.69, 9.17) is 4.98 Å². The molecule has 33 heavy (non-hydrogen) atoms. The van der Waals surface area contributed by atoms with Crippen LogP contribution in [0, 0.1) is 6.92 Å². The van der Waals surface area contributed by atoms with Crippen LogP contribution in [0.25, 0.3) is 11.4 Å². The second kappa shape index (κ2) is 9.34. The maximum absolute atomic E-state index is 5.28. The van der Waals surface area contributed by atoms with E-state index in [0.29, 0.717) is 0 Å². The zero-order valence-corrected chi connectivity index (χ0v) is 19.5. The summed E-state index contributed by atoms with van der Waals surface area (Å²) in [7, 11) is 0. The van der Waals surface area contributed by atoms with Gasteiger partial charge in [-0.2, -0.15) is 0 Å². The van der Waals surface area contributed by atoms with E-state index in [1.54, 1.807) is 0 Å². The Bertz CT molecular complexity index is 1120. The van der Waals surface area contributed by atoms with Crippen LogP contribution in [0.2, 0.25) is 0 Å². The summed E-state index contributed by atoms with van der Waals surface area (Å²) in [5.74, 6) is 1.08. The number of nitrogens with one attached hydrogen (secondary N) is 2. The Kier molecular flexibility index (Phi) is 6.12. The van der Waals surface area contributed by atoms with Crippen molar-refractivity contribution in [1.29, 1.82) is 0 Å². The van der Waals surface area contributed by atoms with Crippen molar-refractivity contribution in [2.24, 2.45) is 0 Å². The van der Waals surface area contributed by atoms with E-state index in [1.165, 1.54) is 11.1 Å². The SMILES string of the molecule is Cc1[nH]c(-c2ccccc2)nc1C(C)(C(c1ccccc1)c1ccccc1)N1CCNCC1. The van der Waals surface area contributed by atoms with Crippen LogP contribution in [0.5, 0.6) is 0 Å². The number of imidazole rings is 1. The molecule has 1 fully saturated rings. The normalized spacial score (nSPS) is 16.6. The second-order valence-electron chi connectivity index (χ2n) is 9.06. The van der Waals surface area contributed by atoms with Crippen molar-refractivity contribution in [3.63, 3.8) is 0 Å². The Labute approximate surface area is 196 Å². The van der Waals surface area contributed by atoms with Crippen LogP contribution in [-0.4, -0.2) is 41.0 Å². The third-order valence-corrected chi connectivity index (χ3v) is 7.01. The maximum Gasteiger partial charge on any atom is 0.137 e. The first kappa shape index (κ1) is 21.6. The first-order valence-electron chi connectivity index (χ1n) is 11.9. The van der Waals surface area contributed by atoms with Gasteiger partial charge < -0.3 is 10.3 Å². The fourth-order valence-electron chi connectivity index (χ4n) is 5.42. The topological polar surface area (TPSA) is 44.0 Å². The van der Waals surface area contributed by atoms with E-state index in [2.05, 4.69) is 114 Å². The zero-order chi connectivity index (χ0) is 22.7. The quantitative estimate of drug-likeness (QED) is 0.429. The number of hydrogen-bond acceptors (Lipinski definition) is 3. The van der Waals surface area contributed by atoms with Gasteiger partial charge in [0.2, 0.25) is 0 Å². The predicted molar refractivity (Wildman–Crippen MR) is 135 cm³/mol. The number of hydrogen-bond donors (Lipinski definition) is 2. The Morgan fingerprint density at radius 2 is 1.30 bits per heavy atom. The van der Waals surface area contributed by atoms with E-state index >= 15 is 0 Å². The zero-order valence-electron chi connectivity index (χ0n) is 19.5. The molecule has 1 atom stereocenters. The van der Waals surface area contributed by atoms with E-state index in [-0.39, 0.29) is 11.5 Å². The minimum Gasteiger partial charge on any atom is -0.342 e. The molecule has 0 spiro atoms. The van der Waals surface area contributed by atoms with Gasteiger partial charge in [0, 0.05) is 43.4 Å². The number of H-pyrrole nitrogens is 1. The smallest absolute Gasteiger partial charge is 0.137 e. The third-order valence-electron chi connectivity index (χ3n) is 7.01. The van der Waals surface area contributed by atoms with Crippen LogP contribution in [0.4, 0.5) is 0 Å². The molecule has 0 saturated carbocycles. The van der Waals surface area contributed by atoms with Gasteiger partial charge in [0.05, 0.1) is 11.2 Å². The fourth-order valence-corrected chi connectivity index (χ4v) is 5.42. The molecule has 4 nitrogen and oxygen atoms in total. The number of benzene rings is 3. The summed E-state index contributed by atoms with van der Waals surface area (Å²) in [6.07, 6.45) is 0. The van der Waals surface area contributed by atoms with Crippen molar-refractivity contribution in [1.82, 2.24) is 20.2 Å². The summed E-state index contributed by atoms with van der Waals surface area (Å²) in [6.45, 7) is 8.50. The highest BCUT2D eigenvalue weighted by Gasteiger charge is 2.46. The third kappa shape index (κ3) is 4.12. The van der Waals surface area contributed by atoms with Gasteiger partial charge in [-0.3, -0.25) is 4.90 Å². The average molecular weight is 437 g/mol. The van der Waals surface area contributed by atoms with Crippen molar-refractivity contribution in [3.05, 3.63) is 114 Å². The van der Waals surface area contributed by atoms with Crippen LogP contribution in [-0.2, 0) is 5.54 Å². The molecule has 2 N–H and O–H groups in total. The highest BCUT2D eigenvalue weighted by molar-refractivity contribution is 5.56. The minimum absolute atomic E-state index is 0.142. The fraction of sp³-hybridized carbons (Fsp3) is 0.276. The lowest BCUT2D eigenvalue weighted by Gasteiger charge is -2.48. The molecule has 4 aromatic rings. The highest BCUT2D eigenvalue weighted by Crippen LogP contribution is 2.46. The standard InChI is InChI=1S/C29H32N4/c1-22-27(32-28(31-22)25-16-10-5-11-17-25)29(2,33-20-18-30-19-21-33)26(23-12-6-3-7-13-23)24-14-8-4-9-15-24/h3-17,26,30H,18-21H2,1-2H3,(H,31,32). The summed E-state index contributed by atoms with van der Waals surface area (Å²) >= 11 is 0. The van der Waals surface area contributed by atoms with Crippen molar-refractivity contribution in [2.45, 2.75) is 25.3 Å². The summed E-state index contributed by atoms with van der Waals surface area (Å²) in [5.41, 5.74) is 5.68. The van der Waals surface area contributed by atoms with Crippen molar-refractivity contribution in [2.75, 3.05) is 26.2 Å². The lowest BCUT2D eigenvalue weighted by atomic mass is 9.72. The molecular weight excluding hydrogens is 404 g/mol. The van der Waals surface area contributed by atoms with Gasteiger partial charge in [0.1, 0.15) is 5.82 Å². The lowest BCUT2D eigenvalue weighted by molar-refractivity contribution is 0.0673. The molecule has 1 saturated heterocycles. The van der Waals surface area contributed by atoms with E-state index < -0.39 is 0 Å². The summed E-state index contributed by atoms with van der Waals surface area (Å²) in [6, 6.07) is 32.3. The van der Waals surface area contributed by atoms with Gasteiger partial charge in [-0.1, -0.05) is 91.0 Å². The van der Waals surface area contributed by atoms with Gasteiger partial charge in [-0.25, -0.2) is 4.98 Å². The van der Waals surface area contributed by atoms with E-state index in [0.717, 1.165) is 49.0 Å². The number of aromatic nitrogens is 2. The number of piperazine rings is 1. The van der Waals surface area contributed by atoms with Crippen LogP contribution < -0.4 is 5.32 Å². The minimum atomic E-state index is -0.321. The van der Waals surface area contributed by atoms with E-state index in [9.17, 15) is 0 Å². The van der Waals surface area contributed by atoms with Crippen LogP contribution >= 0.6 is 0 Å². The van der Waals surface area contributed by atoms with E-state index in [1.807, 2.05) is 6.07 Å². The Morgan fingerprint density at radius 1 is 0.788 bits per heavy atom. The molecule has 4 heteroatoms. The number of nitrogens with zero attached hydrogens (tertiary/aromatic N) is 2. The molecule has 3 aromatic carbocycles. The molecule has 0 bridgehead atoms. The molecule has 1 aromatic heterocycles. The monoisotopic (exact) mass is 436 g/mol. The summed E-state index contributed by atoms with van der Waals surface area (Å²) in [4.78, 5) is 11.5. The number of aryl methyl sites for hydroxylation is 1. The summed E-state index contributed by atoms with van der Waals surface area (Å²) < 4.78 is 0.